The quantitative estimate of drug-likeness (QED) is 0.552. The minimum atomic E-state index is -0.685. The monoisotopic (exact) mass is 391 g/mol. The zero-order valence-electron chi connectivity index (χ0n) is 13.9. The summed E-state index contributed by atoms with van der Waals surface area (Å²) in [5.74, 6) is -1.13. The van der Waals surface area contributed by atoms with E-state index in [-0.39, 0.29) is 23.7 Å². The van der Waals surface area contributed by atoms with E-state index < -0.39 is 18.5 Å². The van der Waals surface area contributed by atoms with Gasteiger partial charge in [-0.3, -0.25) is 4.79 Å². The predicted octanol–water partition coefficient (Wildman–Crippen LogP) is 3.80. The van der Waals surface area contributed by atoms with E-state index in [1.807, 2.05) is 13.0 Å². The summed E-state index contributed by atoms with van der Waals surface area (Å²) in [6, 6.07) is 9.87. The summed E-state index contributed by atoms with van der Waals surface area (Å²) in [5, 5.41) is 9.55. The van der Waals surface area contributed by atoms with Gasteiger partial charge in [-0.1, -0.05) is 23.2 Å². The van der Waals surface area contributed by atoms with Gasteiger partial charge in [-0.25, -0.2) is 9.78 Å². The highest BCUT2D eigenvalue weighted by Crippen LogP contribution is 2.23. The topological polar surface area (TPSA) is 83.3 Å². The van der Waals surface area contributed by atoms with Crippen molar-refractivity contribution in [1.29, 1.82) is 5.26 Å². The SMILES string of the molecule is Cc1cc(N(CCC#N)C(=O)COC(=O)c2ccnc(Cl)c2)ccc1Cl. The summed E-state index contributed by atoms with van der Waals surface area (Å²) in [6.07, 6.45) is 1.51. The Kier molecular flexibility index (Phi) is 6.96. The Bertz CT molecular complexity index is 865. The Labute approximate surface area is 160 Å². The third-order valence-corrected chi connectivity index (χ3v) is 4.12. The number of hydrogen-bond donors (Lipinski definition) is 0. The lowest BCUT2D eigenvalue weighted by atomic mass is 10.2. The molecule has 1 amide bonds. The second-order valence-electron chi connectivity index (χ2n) is 5.33. The molecule has 1 heterocycles. The molecule has 0 unspecified atom stereocenters. The number of carbonyl (C=O) groups excluding carboxylic acids is 2. The number of nitriles is 1. The van der Waals surface area contributed by atoms with Crippen LogP contribution in [-0.4, -0.2) is 30.0 Å². The maximum atomic E-state index is 12.5. The van der Waals surface area contributed by atoms with Crippen molar-refractivity contribution < 1.29 is 14.3 Å². The number of benzene rings is 1. The number of halogens is 2. The number of nitrogens with zero attached hydrogens (tertiary/aromatic N) is 3. The van der Waals surface area contributed by atoms with Crippen LogP contribution in [0.1, 0.15) is 22.3 Å². The van der Waals surface area contributed by atoms with Crippen LogP contribution in [0.25, 0.3) is 0 Å². The van der Waals surface area contributed by atoms with Crippen LogP contribution in [0, 0.1) is 18.3 Å². The van der Waals surface area contributed by atoms with E-state index in [4.69, 9.17) is 33.2 Å². The fourth-order valence-corrected chi connectivity index (χ4v) is 2.47. The molecule has 0 saturated carbocycles. The van der Waals surface area contributed by atoms with Crippen LogP contribution < -0.4 is 4.90 Å². The van der Waals surface area contributed by atoms with Crippen molar-refractivity contribution >= 4 is 40.8 Å². The van der Waals surface area contributed by atoms with Crippen molar-refractivity contribution in [3.05, 3.63) is 57.8 Å². The second kappa shape index (κ2) is 9.18. The summed E-state index contributed by atoms with van der Waals surface area (Å²) >= 11 is 11.7. The number of amides is 1. The average Bonchev–Trinajstić information content (AvgIpc) is 2.62. The summed E-state index contributed by atoms with van der Waals surface area (Å²) < 4.78 is 5.06. The predicted molar refractivity (Wildman–Crippen MR) is 98.3 cm³/mol. The van der Waals surface area contributed by atoms with Crippen molar-refractivity contribution in [2.75, 3.05) is 18.1 Å². The van der Waals surface area contributed by atoms with E-state index >= 15 is 0 Å². The maximum Gasteiger partial charge on any atom is 0.338 e. The molecular weight excluding hydrogens is 377 g/mol. The molecule has 0 N–H and O–H groups in total. The summed E-state index contributed by atoms with van der Waals surface area (Å²) in [4.78, 5) is 29.7. The van der Waals surface area contributed by atoms with Crippen LogP contribution in [-0.2, 0) is 9.53 Å². The van der Waals surface area contributed by atoms with Crippen LogP contribution in [0.4, 0.5) is 5.69 Å². The number of pyridine rings is 1. The van der Waals surface area contributed by atoms with Crippen LogP contribution >= 0.6 is 23.2 Å². The fourth-order valence-electron chi connectivity index (χ4n) is 2.17. The Morgan fingerprint density at radius 1 is 1.27 bits per heavy atom. The first-order valence-corrected chi connectivity index (χ1v) is 8.40. The van der Waals surface area contributed by atoms with Crippen LogP contribution in [0.5, 0.6) is 0 Å². The Hall–Kier alpha value is -2.62. The summed E-state index contributed by atoms with van der Waals surface area (Å²) in [5.41, 5.74) is 1.57. The van der Waals surface area contributed by atoms with Gasteiger partial charge in [-0.05, 0) is 42.8 Å². The van der Waals surface area contributed by atoms with Gasteiger partial charge >= 0.3 is 5.97 Å². The van der Waals surface area contributed by atoms with Crippen molar-refractivity contribution in [3.8, 4) is 6.07 Å². The summed E-state index contributed by atoms with van der Waals surface area (Å²) in [7, 11) is 0. The molecule has 8 heteroatoms. The lowest BCUT2D eigenvalue weighted by molar-refractivity contribution is -0.121. The molecule has 2 aromatic rings. The van der Waals surface area contributed by atoms with Crippen LogP contribution in [0.15, 0.2) is 36.5 Å². The number of anilines is 1. The van der Waals surface area contributed by atoms with E-state index in [2.05, 4.69) is 4.98 Å². The molecule has 0 aliphatic carbocycles. The molecule has 0 aliphatic heterocycles. The minimum Gasteiger partial charge on any atom is -0.452 e. The molecule has 0 saturated heterocycles. The first kappa shape index (κ1) is 19.7. The van der Waals surface area contributed by atoms with E-state index in [1.165, 1.54) is 23.2 Å². The zero-order valence-corrected chi connectivity index (χ0v) is 15.4. The third-order valence-electron chi connectivity index (χ3n) is 3.49. The van der Waals surface area contributed by atoms with Crippen molar-refractivity contribution in [2.24, 2.45) is 0 Å². The van der Waals surface area contributed by atoms with Gasteiger partial charge in [0.2, 0.25) is 0 Å². The highest BCUT2D eigenvalue weighted by molar-refractivity contribution is 6.31. The van der Waals surface area contributed by atoms with Gasteiger partial charge in [0.05, 0.1) is 18.1 Å². The number of carbonyl (C=O) groups is 2. The number of aryl methyl sites for hydroxylation is 1. The first-order valence-electron chi connectivity index (χ1n) is 7.64. The molecule has 1 aromatic carbocycles. The van der Waals surface area contributed by atoms with Gasteiger partial charge in [0.1, 0.15) is 5.15 Å². The van der Waals surface area contributed by atoms with Crippen LogP contribution in [0.3, 0.4) is 0 Å². The summed E-state index contributed by atoms with van der Waals surface area (Å²) in [6.45, 7) is 1.52. The smallest absolute Gasteiger partial charge is 0.338 e. The fraction of sp³-hybridized carbons (Fsp3) is 0.222. The van der Waals surface area contributed by atoms with Crippen molar-refractivity contribution in [1.82, 2.24) is 4.98 Å². The lowest BCUT2D eigenvalue weighted by Crippen LogP contribution is -2.35. The molecule has 134 valence electrons. The van der Waals surface area contributed by atoms with E-state index in [9.17, 15) is 9.59 Å². The van der Waals surface area contributed by atoms with Crippen molar-refractivity contribution in [2.45, 2.75) is 13.3 Å². The number of rotatable bonds is 6. The first-order chi connectivity index (χ1) is 12.4. The van der Waals surface area contributed by atoms with E-state index in [0.29, 0.717) is 10.7 Å². The molecular formula is C18H15Cl2N3O3. The number of hydrogen-bond acceptors (Lipinski definition) is 5. The molecule has 0 fully saturated rings. The lowest BCUT2D eigenvalue weighted by Gasteiger charge is -2.22. The number of esters is 1. The van der Waals surface area contributed by atoms with Gasteiger partial charge in [0, 0.05) is 23.5 Å². The largest absolute Gasteiger partial charge is 0.452 e. The maximum absolute atomic E-state index is 12.5. The minimum absolute atomic E-state index is 0.140. The molecule has 0 bridgehead atoms. The molecule has 6 nitrogen and oxygen atoms in total. The van der Waals surface area contributed by atoms with Crippen LogP contribution in [0.2, 0.25) is 10.2 Å². The van der Waals surface area contributed by atoms with Gasteiger partial charge in [-0.2, -0.15) is 5.26 Å². The molecule has 0 aliphatic rings. The number of aromatic nitrogens is 1. The normalized spacial score (nSPS) is 10.1. The van der Waals surface area contributed by atoms with E-state index in [0.717, 1.165) is 5.56 Å². The van der Waals surface area contributed by atoms with Gasteiger partial charge in [0.15, 0.2) is 6.61 Å². The van der Waals surface area contributed by atoms with Gasteiger partial charge in [0.25, 0.3) is 5.91 Å². The Morgan fingerprint density at radius 2 is 2.04 bits per heavy atom. The highest BCUT2D eigenvalue weighted by Gasteiger charge is 2.19. The molecule has 0 spiro atoms. The van der Waals surface area contributed by atoms with E-state index in [1.54, 1.807) is 18.2 Å². The molecule has 1 aromatic heterocycles. The number of ether oxygens (including phenoxy) is 1. The van der Waals surface area contributed by atoms with Gasteiger partial charge in [-0.15, -0.1) is 0 Å². The van der Waals surface area contributed by atoms with Crippen molar-refractivity contribution in [3.63, 3.8) is 0 Å². The third kappa shape index (κ3) is 5.19. The molecule has 0 atom stereocenters. The zero-order chi connectivity index (χ0) is 19.1. The molecule has 0 radical (unpaired) electrons. The van der Waals surface area contributed by atoms with Gasteiger partial charge < -0.3 is 9.64 Å². The molecule has 2 rings (SSSR count). The highest BCUT2D eigenvalue weighted by atomic mass is 35.5. The molecule has 26 heavy (non-hydrogen) atoms. The second-order valence-corrected chi connectivity index (χ2v) is 6.12. The standard InChI is InChI=1S/C18H15Cl2N3O3/c1-12-9-14(3-4-15(12)19)23(8-2-6-21)17(24)11-26-18(25)13-5-7-22-16(20)10-13/h3-5,7,9-10H,2,8,11H2,1H3. The average molecular weight is 392 g/mol. The Balaban J connectivity index is 2.10. The Morgan fingerprint density at radius 3 is 2.69 bits per heavy atom.